The fourth-order valence-electron chi connectivity index (χ4n) is 3.81. The van der Waals surface area contributed by atoms with E-state index in [1.54, 1.807) is 6.20 Å². The Morgan fingerprint density at radius 1 is 1.30 bits per heavy atom. The molecular formula is C21H18N8Na2O8S4. The van der Waals surface area contributed by atoms with Crippen molar-refractivity contribution in [2.75, 3.05) is 17.2 Å². The van der Waals surface area contributed by atoms with E-state index in [9.17, 15) is 34.6 Å². The summed E-state index contributed by atoms with van der Waals surface area (Å²) >= 11 is 4.88. The molecule has 0 unspecified atom stereocenters. The van der Waals surface area contributed by atoms with Gasteiger partial charge in [0.2, 0.25) is 5.43 Å². The molecule has 3 aromatic rings. The van der Waals surface area contributed by atoms with Gasteiger partial charge >= 0.3 is 5.97 Å². The first-order chi connectivity index (χ1) is 19.6. The molecule has 6 N–H and O–H groups in total. The molecule has 0 aliphatic carbocycles. The van der Waals surface area contributed by atoms with Gasteiger partial charge in [-0.2, -0.15) is 4.73 Å². The van der Waals surface area contributed by atoms with E-state index in [-0.39, 0.29) is 87.0 Å². The number of carbonyl (C=O) groups excluding carboxylic acids is 2. The van der Waals surface area contributed by atoms with Gasteiger partial charge in [-0.05, 0) is 17.1 Å². The molecule has 2 radical (unpaired) electrons. The van der Waals surface area contributed by atoms with Crippen LogP contribution in [-0.4, -0.2) is 145 Å². The maximum Gasteiger partial charge on any atom is 0.352 e. The zero-order valence-electron chi connectivity index (χ0n) is 22.4. The summed E-state index contributed by atoms with van der Waals surface area (Å²) in [6.07, 6.45) is 2.34. The molecule has 0 aromatic carbocycles. The zero-order valence-corrected chi connectivity index (χ0v) is 29.6. The smallest absolute Gasteiger partial charge is 0.352 e. The number of rotatable bonds is 10. The molecule has 22 heteroatoms. The SMILES string of the molecule is Nc1nc(C(=NOCc2cc(=O)c(O)cn2O)C(=O)N[C@@H]2C(=O)N3C(C(=O)O)=C(CSc4cnns4)CS[C@H]23)cs1.[Na].[Na]. The Bertz CT molecular complexity index is 1650. The number of thiazole rings is 1. The maximum absolute atomic E-state index is 13.2. The third kappa shape index (κ3) is 7.75. The Labute approximate surface area is 302 Å². The Morgan fingerprint density at radius 3 is 2.72 bits per heavy atom. The molecule has 1 fully saturated rings. The Hall–Kier alpha value is -2.14. The minimum Gasteiger partial charge on any atom is -0.503 e. The van der Waals surface area contributed by atoms with Gasteiger partial charge in [0.25, 0.3) is 11.8 Å². The van der Waals surface area contributed by atoms with E-state index in [1.165, 1.54) is 40.4 Å². The van der Waals surface area contributed by atoms with E-state index in [0.717, 1.165) is 32.7 Å². The van der Waals surface area contributed by atoms with Crippen LogP contribution in [0.1, 0.15) is 11.4 Å². The quantitative estimate of drug-likeness (QED) is 0.0447. The number of pyridine rings is 1. The standard InChI is InChI=1S/C21H18N8O8S4.2Na/c22-21-24-10(7-40-21)14(26-37-4-9-1-11(30)12(31)3-28(9)36)17(32)25-15-18(33)29-16(20(34)35)8(6-39-19(15)29)5-38-13-2-23-27-41-13;;/h1-3,7,15,19,31,36H,4-6H2,(H2,22,24)(H,25,32)(H,34,35);;/t15-,19-;;/m1../s1. The third-order valence-electron chi connectivity index (χ3n) is 5.70. The molecule has 1 saturated heterocycles. The number of amides is 2. The van der Waals surface area contributed by atoms with Crippen molar-refractivity contribution < 1.29 is 34.6 Å². The van der Waals surface area contributed by atoms with Crippen LogP contribution in [0, 0.1) is 0 Å². The maximum atomic E-state index is 13.2. The van der Waals surface area contributed by atoms with Crippen molar-refractivity contribution in [3.05, 3.63) is 56.7 Å². The number of nitrogens with two attached hydrogens (primary N) is 1. The number of aromatic nitrogens is 4. The van der Waals surface area contributed by atoms with Crippen molar-refractivity contribution in [2.24, 2.45) is 5.16 Å². The predicted octanol–water partition coefficient (Wildman–Crippen LogP) is -0.628. The molecule has 2 aliphatic rings. The summed E-state index contributed by atoms with van der Waals surface area (Å²) in [4.78, 5) is 60.4. The van der Waals surface area contributed by atoms with Crippen molar-refractivity contribution in [1.29, 1.82) is 0 Å². The largest absolute Gasteiger partial charge is 0.503 e. The second kappa shape index (κ2) is 15.2. The molecule has 43 heavy (non-hydrogen) atoms. The van der Waals surface area contributed by atoms with Crippen molar-refractivity contribution in [2.45, 2.75) is 22.2 Å². The van der Waals surface area contributed by atoms with E-state index in [2.05, 4.69) is 25.0 Å². The third-order valence-corrected chi connectivity index (χ3v) is 9.64. The molecule has 16 nitrogen and oxygen atoms in total. The summed E-state index contributed by atoms with van der Waals surface area (Å²) in [5, 5.41) is 40.1. The number of nitrogens with zero attached hydrogens (tertiary/aromatic N) is 6. The molecule has 5 rings (SSSR count). The zero-order chi connectivity index (χ0) is 29.3. The molecular weight excluding hydrogens is 667 g/mol. The fourth-order valence-corrected chi connectivity index (χ4v) is 7.27. The number of fused-ring (bicyclic) bond motifs is 1. The van der Waals surface area contributed by atoms with Gasteiger partial charge in [-0.25, -0.2) is 9.78 Å². The van der Waals surface area contributed by atoms with Crippen molar-refractivity contribution in [3.63, 3.8) is 0 Å². The molecule has 2 amide bonds. The molecule has 2 atom stereocenters. The van der Waals surface area contributed by atoms with Crippen LogP contribution in [-0.2, 0) is 25.8 Å². The van der Waals surface area contributed by atoms with E-state index < -0.39 is 47.0 Å². The van der Waals surface area contributed by atoms with E-state index in [4.69, 9.17) is 10.6 Å². The number of nitrogens with one attached hydrogen (secondary N) is 1. The van der Waals surface area contributed by atoms with Crippen molar-refractivity contribution in [1.82, 2.24) is 29.5 Å². The Morgan fingerprint density at radius 2 is 2.07 bits per heavy atom. The van der Waals surface area contributed by atoms with Crippen molar-refractivity contribution in [3.8, 4) is 5.75 Å². The summed E-state index contributed by atoms with van der Waals surface area (Å²) in [6.45, 7) is -0.470. The van der Waals surface area contributed by atoms with Gasteiger partial charge < -0.3 is 31.3 Å². The Balaban J connectivity index is 0.00000253. The van der Waals surface area contributed by atoms with Crippen LogP contribution in [0.2, 0.25) is 0 Å². The topological polar surface area (TPSA) is 235 Å². The fraction of sp³-hybridized carbons (Fsp3) is 0.238. The van der Waals surface area contributed by atoms with Crippen LogP contribution in [0.3, 0.4) is 0 Å². The number of oxime groups is 1. The molecule has 5 heterocycles. The number of anilines is 1. The number of carboxylic acids is 1. The van der Waals surface area contributed by atoms with E-state index in [1.807, 2.05) is 0 Å². The van der Waals surface area contributed by atoms with Crippen LogP contribution in [0.5, 0.6) is 5.75 Å². The normalized spacial score (nSPS) is 17.7. The summed E-state index contributed by atoms with van der Waals surface area (Å²) in [5.41, 5.74) is 4.98. The number of aliphatic carboxylic acids is 1. The van der Waals surface area contributed by atoms with E-state index in [0.29, 0.717) is 21.8 Å². The minimum absolute atomic E-state index is 0. The number of carbonyl (C=O) groups is 3. The van der Waals surface area contributed by atoms with Crippen molar-refractivity contribution >= 4 is 134 Å². The summed E-state index contributed by atoms with van der Waals surface area (Å²) in [5.74, 6) is -2.74. The van der Waals surface area contributed by atoms with Gasteiger partial charge in [0.05, 0.1) is 12.4 Å². The molecule has 0 spiro atoms. The first-order valence-electron chi connectivity index (χ1n) is 11.3. The van der Waals surface area contributed by atoms with Crippen LogP contribution < -0.4 is 16.5 Å². The van der Waals surface area contributed by atoms with E-state index >= 15 is 0 Å². The number of hydrogen-bond donors (Lipinski definition) is 5. The molecule has 0 saturated carbocycles. The predicted molar refractivity (Wildman–Crippen MR) is 159 cm³/mol. The minimum atomic E-state index is -1.25. The number of nitrogen functional groups attached to an aromatic ring is 1. The summed E-state index contributed by atoms with van der Waals surface area (Å²) in [6, 6.07) is -0.135. The van der Waals surface area contributed by atoms with Crippen LogP contribution in [0.15, 0.2) is 49.3 Å². The van der Waals surface area contributed by atoms with Gasteiger partial charge in [0, 0.05) is 82.1 Å². The number of β-lactam (4-membered cyclic amide) rings is 1. The second-order valence-corrected chi connectivity index (χ2v) is 12.3. The molecule has 3 aromatic heterocycles. The molecule has 2 aliphatic heterocycles. The Kier molecular flexibility index (Phi) is 12.5. The number of hydrogen-bond acceptors (Lipinski definition) is 16. The number of thioether (sulfide) groups is 2. The van der Waals surface area contributed by atoms with Gasteiger partial charge in [0.15, 0.2) is 23.2 Å². The number of carboxylic acid groups (broad SMARTS) is 1. The monoisotopic (exact) mass is 684 g/mol. The van der Waals surface area contributed by atoms with Gasteiger partial charge in [-0.15, -0.1) is 40.0 Å². The first kappa shape index (κ1) is 35.3. The second-order valence-electron chi connectivity index (χ2n) is 8.29. The average molecular weight is 685 g/mol. The summed E-state index contributed by atoms with van der Waals surface area (Å²) < 4.78 is 5.04. The van der Waals surface area contributed by atoms with Gasteiger partial charge in [-0.3, -0.25) is 19.3 Å². The molecule has 0 bridgehead atoms. The van der Waals surface area contributed by atoms with Crippen LogP contribution in [0.4, 0.5) is 5.13 Å². The first-order valence-corrected chi connectivity index (χ1v) is 15.0. The van der Waals surface area contributed by atoms with Gasteiger partial charge in [-0.1, -0.05) is 9.64 Å². The van der Waals surface area contributed by atoms with Crippen LogP contribution in [0.25, 0.3) is 0 Å². The average Bonchev–Trinajstić information content (AvgIpc) is 3.62. The number of aromatic hydroxyl groups is 1. The van der Waals surface area contributed by atoms with Crippen LogP contribution >= 0.6 is 46.4 Å². The van der Waals surface area contributed by atoms with Gasteiger partial charge in [0.1, 0.15) is 32.7 Å². The summed E-state index contributed by atoms with van der Waals surface area (Å²) in [7, 11) is 0. The molecule has 216 valence electrons.